The SMILES string of the molecule is Cc1ccccc1CC(=O)N1CCN(c2ccc3oc(=O)[nH]c3c2)CC1. The lowest BCUT2D eigenvalue weighted by Gasteiger charge is -2.36. The fourth-order valence-corrected chi connectivity index (χ4v) is 3.43. The van der Waals surface area contributed by atoms with E-state index >= 15 is 0 Å². The number of anilines is 1. The van der Waals surface area contributed by atoms with Crippen LogP contribution in [0.1, 0.15) is 11.1 Å². The number of rotatable bonds is 3. The highest BCUT2D eigenvalue weighted by molar-refractivity contribution is 5.80. The first-order chi connectivity index (χ1) is 12.6. The molecule has 0 spiro atoms. The molecule has 0 radical (unpaired) electrons. The van der Waals surface area contributed by atoms with Crippen LogP contribution in [0.4, 0.5) is 5.69 Å². The molecule has 2 aromatic carbocycles. The Morgan fingerprint density at radius 1 is 1.12 bits per heavy atom. The quantitative estimate of drug-likeness (QED) is 0.786. The predicted molar refractivity (Wildman–Crippen MR) is 101 cm³/mol. The maximum absolute atomic E-state index is 12.6. The van der Waals surface area contributed by atoms with E-state index in [1.807, 2.05) is 48.2 Å². The summed E-state index contributed by atoms with van der Waals surface area (Å²) in [6.45, 7) is 4.98. The molecule has 1 amide bonds. The summed E-state index contributed by atoms with van der Waals surface area (Å²) in [5.74, 6) is -0.266. The second kappa shape index (κ2) is 6.71. The Bertz CT molecular complexity index is 997. The second-order valence-electron chi connectivity index (χ2n) is 6.67. The number of aromatic amines is 1. The maximum Gasteiger partial charge on any atom is 0.417 e. The molecule has 0 aliphatic carbocycles. The van der Waals surface area contributed by atoms with Gasteiger partial charge in [0.2, 0.25) is 5.91 Å². The standard InChI is InChI=1S/C20H21N3O3/c1-14-4-2-3-5-15(14)12-19(24)23-10-8-22(9-11-23)16-6-7-18-17(13-16)21-20(25)26-18/h2-7,13H,8-12H2,1H3,(H,21,25). The molecule has 0 atom stereocenters. The number of oxazole rings is 1. The average molecular weight is 351 g/mol. The molecule has 6 heteroatoms. The van der Waals surface area contributed by atoms with Crippen LogP contribution in [0, 0.1) is 6.92 Å². The number of aromatic nitrogens is 1. The monoisotopic (exact) mass is 351 g/mol. The van der Waals surface area contributed by atoms with E-state index in [0.29, 0.717) is 30.6 Å². The highest BCUT2D eigenvalue weighted by Gasteiger charge is 2.22. The van der Waals surface area contributed by atoms with Crippen LogP contribution in [0.2, 0.25) is 0 Å². The minimum Gasteiger partial charge on any atom is -0.408 e. The highest BCUT2D eigenvalue weighted by atomic mass is 16.4. The number of H-pyrrole nitrogens is 1. The molecule has 6 nitrogen and oxygen atoms in total. The van der Waals surface area contributed by atoms with Gasteiger partial charge in [-0.3, -0.25) is 9.78 Å². The molecule has 1 aliphatic heterocycles. The summed E-state index contributed by atoms with van der Waals surface area (Å²) in [5.41, 5.74) is 4.54. The Balaban J connectivity index is 1.40. The molecular formula is C20H21N3O3. The molecule has 134 valence electrons. The summed E-state index contributed by atoms with van der Waals surface area (Å²) in [6.07, 6.45) is 0.453. The molecular weight excluding hydrogens is 330 g/mol. The number of hydrogen-bond donors (Lipinski definition) is 1. The van der Waals surface area contributed by atoms with Gasteiger partial charge in [-0.15, -0.1) is 0 Å². The number of carbonyl (C=O) groups excluding carboxylic acids is 1. The van der Waals surface area contributed by atoms with Crippen LogP contribution >= 0.6 is 0 Å². The molecule has 1 fully saturated rings. The third-order valence-electron chi connectivity index (χ3n) is 5.00. The molecule has 4 rings (SSSR count). The van der Waals surface area contributed by atoms with Gasteiger partial charge in [0.25, 0.3) is 0 Å². The van der Waals surface area contributed by atoms with Gasteiger partial charge >= 0.3 is 5.76 Å². The van der Waals surface area contributed by atoms with E-state index in [0.717, 1.165) is 29.9 Å². The van der Waals surface area contributed by atoms with Crippen LogP contribution in [-0.2, 0) is 11.2 Å². The lowest BCUT2D eigenvalue weighted by Crippen LogP contribution is -2.49. The zero-order valence-corrected chi connectivity index (χ0v) is 14.7. The maximum atomic E-state index is 12.6. The van der Waals surface area contributed by atoms with Gasteiger partial charge in [0.1, 0.15) is 0 Å². The Morgan fingerprint density at radius 2 is 1.88 bits per heavy atom. The number of aryl methyl sites for hydroxylation is 1. The van der Waals surface area contributed by atoms with Crippen molar-refractivity contribution < 1.29 is 9.21 Å². The van der Waals surface area contributed by atoms with E-state index in [1.54, 1.807) is 6.07 Å². The number of benzene rings is 2. The van der Waals surface area contributed by atoms with Gasteiger partial charge in [0.15, 0.2) is 5.58 Å². The van der Waals surface area contributed by atoms with Crippen molar-refractivity contribution in [2.75, 3.05) is 31.1 Å². The minimum atomic E-state index is -0.441. The van der Waals surface area contributed by atoms with Crippen LogP contribution in [-0.4, -0.2) is 42.0 Å². The van der Waals surface area contributed by atoms with Gasteiger partial charge in [-0.2, -0.15) is 0 Å². The van der Waals surface area contributed by atoms with Crippen molar-refractivity contribution in [2.45, 2.75) is 13.3 Å². The summed E-state index contributed by atoms with van der Waals surface area (Å²) in [7, 11) is 0. The lowest BCUT2D eigenvalue weighted by atomic mass is 10.1. The minimum absolute atomic E-state index is 0.175. The van der Waals surface area contributed by atoms with Gasteiger partial charge in [0.05, 0.1) is 11.9 Å². The van der Waals surface area contributed by atoms with Gasteiger partial charge in [-0.1, -0.05) is 24.3 Å². The molecule has 1 N–H and O–H groups in total. The van der Waals surface area contributed by atoms with Crippen molar-refractivity contribution in [3.8, 4) is 0 Å². The van der Waals surface area contributed by atoms with Crippen LogP contribution < -0.4 is 10.7 Å². The van der Waals surface area contributed by atoms with Crippen molar-refractivity contribution in [2.24, 2.45) is 0 Å². The van der Waals surface area contributed by atoms with Crippen molar-refractivity contribution >= 4 is 22.7 Å². The van der Waals surface area contributed by atoms with E-state index in [1.165, 1.54) is 0 Å². The fraction of sp³-hybridized carbons (Fsp3) is 0.300. The second-order valence-corrected chi connectivity index (χ2v) is 6.67. The molecule has 3 aromatic rings. The first kappa shape index (κ1) is 16.4. The highest BCUT2D eigenvalue weighted by Crippen LogP contribution is 2.21. The summed E-state index contributed by atoms with van der Waals surface area (Å²) < 4.78 is 5.04. The lowest BCUT2D eigenvalue weighted by molar-refractivity contribution is -0.130. The van der Waals surface area contributed by atoms with E-state index in [9.17, 15) is 9.59 Å². The normalized spacial score (nSPS) is 14.8. The first-order valence-corrected chi connectivity index (χ1v) is 8.80. The third-order valence-corrected chi connectivity index (χ3v) is 5.00. The molecule has 0 saturated carbocycles. The molecule has 1 saturated heterocycles. The smallest absolute Gasteiger partial charge is 0.408 e. The van der Waals surface area contributed by atoms with Crippen LogP contribution in [0.3, 0.4) is 0 Å². The number of nitrogens with zero attached hydrogens (tertiary/aromatic N) is 2. The molecule has 1 aromatic heterocycles. The van der Waals surface area contributed by atoms with Gasteiger partial charge < -0.3 is 14.2 Å². The molecule has 26 heavy (non-hydrogen) atoms. The van der Waals surface area contributed by atoms with Gasteiger partial charge in [-0.05, 0) is 36.2 Å². The van der Waals surface area contributed by atoms with E-state index < -0.39 is 5.76 Å². The van der Waals surface area contributed by atoms with Gasteiger partial charge in [-0.25, -0.2) is 4.79 Å². The van der Waals surface area contributed by atoms with Crippen molar-refractivity contribution in [3.63, 3.8) is 0 Å². The third kappa shape index (κ3) is 3.22. The summed E-state index contributed by atoms with van der Waals surface area (Å²) in [4.78, 5) is 30.7. The van der Waals surface area contributed by atoms with E-state index in [2.05, 4.69) is 9.88 Å². The fourth-order valence-electron chi connectivity index (χ4n) is 3.43. The zero-order chi connectivity index (χ0) is 18.1. The number of piperazine rings is 1. The van der Waals surface area contributed by atoms with E-state index in [4.69, 9.17) is 4.42 Å². The number of hydrogen-bond acceptors (Lipinski definition) is 4. The summed E-state index contributed by atoms with van der Waals surface area (Å²) in [5, 5.41) is 0. The van der Waals surface area contributed by atoms with Crippen molar-refractivity contribution in [1.29, 1.82) is 0 Å². The number of fused-ring (bicyclic) bond motifs is 1. The first-order valence-electron chi connectivity index (χ1n) is 8.80. The number of carbonyl (C=O) groups is 1. The topological polar surface area (TPSA) is 69.6 Å². The molecule has 1 aliphatic rings. The molecule has 0 unspecified atom stereocenters. The Labute approximate surface area is 151 Å². The summed E-state index contributed by atoms with van der Waals surface area (Å²) >= 11 is 0. The van der Waals surface area contributed by atoms with Crippen LogP contribution in [0.15, 0.2) is 51.7 Å². The predicted octanol–water partition coefficient (Wildman–Crippen LogP) is 2.32. The van der Waals surface area contributed by atoms with Crippen molar-refractivity contribution in [3.05, 3.63) is 64.1 Å². The number of nitrogens with one attached hydrogen (secondary N) is 1. The van der Waals surface area contributed by atoms with E-state index in [-0.39, 0.29) is 5.91 Å². The van der Waals surface area contributed by atoms with Crippen molar-refractivity contribution in [1.82, 2.24) is 9.88 Å². The Hall–Kier alpha value is -3.02. The largest absolute Gasteiger partial charge is 0.417 e. The Morgan fingerprint density at radius 3 is 2.65 bits per heavy atom. The number of amides is 1. The average Bonchev–Trinajstić information content (AvgIpc) is 3.03. The Kier molecular flexibility index (Phi) is 4.24. The zero-order valence-electron chi connectivity index (χ0n) is 14.7. The molecule has 0 bridgehead atoms. The van der Waals surface area contributed by atoms with Crippen LogP contribution in [0.5, 0.6) is 0 Å². The summed E-state index contributed by atoms with van der Waals surface area (Å²) in [6, 6.07) is 13.7. The van der Waals surface area contributed by atoms with Gasteiger partial charge in [0, 0.05) is 31.9 Å². The van der Waals surface area contributed by atoms with Crippen LogP contribution in [0.25, 0.3) is 11.1 Å². The molecule has 2 heterocycles.